The zero-order valence-electron chi connectivity index (χ0n) is 11.1. The van der Waals surface area contributed by atoms with Crippen LogP contribution in [0.15, 0.2) is 0 Å². The first-order valence-corrected chi connectivity index (χ1v) is 6.14. The largest absolute Gasteiger partial charge is 0.359 e. The van der Waals surface area contributed by atoms with Crippen LogP contribution < -0.4 is 10.6 Å². The van der Waals surface area contributed by atoms with Crippen LogP contribution in [0.5, 0.6) is 0 Å². The van der Waals surface area contributed by atoms with E-state index < -0.39 is 0 Å². The Labute approximate surface area is 103 Å². The average Bonchev–Trinajstić information content (AvgIpc) is 2.73. The molecule has 98 valence electrons. The van der Waals surface area contributed by atoms with E-state index in [1.54, 1.807) is 19.0 Å². The van der Waals surface area contributed by atoms with E-state index in [1.807, 2.05) is 6.92 Å². The lowest BCUT2D eigenvalue weighted by Crippen LogP contribution is -2.41. The van der Waals surface area contributed by atoms with Crippen molar-refractivity contribution in [3.05, 3.63) is 0 Å². The maximum absolute atomic E-state index is 12.2. The summed E-state index contributed by atoms with van der Waals surface area (Å²) in [5.74, 6) is 0.372. The van der Waals surface area contributed by atoms with Gasteiger partial charge in [0.25, 0.3) is 0 Å². The van der Waals surface area contributed by atoms with Crippen molar-refractivity contribution in [2.75, 3.05) is 33.7 Å². The van der Waals surface area contributed by atoms with Gasteiger partial charge < -0.3 is 15.5 Å². The first kappa shape index (κ1) is 14.0. The van der Waals surface area contributed by atoms with E-state index in [-0.39, 0.29) is 23.7 Å². The minimum Gasteiger partial charge on any atom is -0.359 e. The molecule has 1 aliphatic rings. The summed E-state index contributed by atoms with van der Waals surface area (Å²) in [6, 6.07) is 0. The van der Waals surface area contributed by atoms with Crippen molar-refractivity contribution in [2.24, 2.45) is 17.8 Å². The minimum absolute atomic E-state index is 0.0257. The molecule has 1 saturated heterocycles. The van der Waals surface area contributed by atoms with Gasteiger partial charge in [-0.25, -0.2) is 0 Å². The third-order valence-corrected chi connectivity index (χ3v) is 3.45. The van der Waals surface area contributed by atoms with E-state index in [9.17, 15) is 9.59 Å². The van der Waals surface area contributed by atoms with Crippen LogP contribution in [0.2, 0.25) is 0 Å². The molecular weight excluding hydrogens is 218 g/mol. The standard InChI is InChI=1S/C12H23N3O2/c1-8-5-14-6-10(8)12(17)15(4)7-9(2)11(16)13-3/h8-10,14H,5-7H2,1-4H3,(H,13,16)/t8-,9?,10-/m1/s1. The summed E-state index contributed by atoms with van der Waals surface area (Å²) in [6.45, 7) is 6.03. The normalized spacial score (nSPS) is 25.4. The Hall–Kier alpha value is -1.10. The Morgan fingerprint density at radius 1 is 1.47 bits per heavy atom. The fourth-order valence-electron chi connectivity index (χ4n) is 2.25. The molecule has 1 fully saturated rings. The lowest BCUT2D eigenvalue weighted by atomic mass is 9.96. The number of hydrogen-bond donors (Lipinski definition) is 2. The van der Waals surface area contributed by atoms with Gasteiger partial charge in [-0.3, -0.25) is 9.59 Å². The highest BCUT2D eigenvalue weighted by atomic mass is 16.2. The van der Waals surface area contributed by atoms with Crippen LogP contribution in [-0.2, 0) is 9.59 Å². The second kappa shape index (κ2) is 6.00. The molecule has 0 bridgehead atoms. The number of carbonyl (C=O) groups is 2. The van der Waals surface area contributed by atoms with Gasteiger partial charge in [0.15, 0.2) is 0 Å². The quantitative estimate of drug-likeness (QED) is 0.709. The van der Waals surface area contributed by atoms with Crippen LogP contribution in [0.3, 0.4) is 0 Å². The first-order valence-electron chi connectivity index (χ1n) is 6.14. The van der Waals surface area contributed by atoms with Gasteiger partial charge in [-0.05, 0) is 12.5 Å². The third kappa shape index (κ3) is 3.43. The van der Waals surface area contributed by atoms with E-state index >= 15 is 0 Å². The Morgan fingerprint density at radius 3 is 2.59 bits per heavy atom. The molecule has 17 heavy (non-hydrogen) atoms. The SMILES string of the molecule is CNC(=O)C(C)CN(C)C(=O)[C@@H]1CNC[C@H]1C. The maximum atomic E-state index is 12.2. The molecule has 0 aliphatic carbocycles. The van der Waals surface area contributed by atoms with E-state index in [0.29, 0.717) is 12.5 Å². The van der Waals surface area contributed by atoms with Crippen molar-refractivity contribution in [1.29, 1.82) is 0 Å². The van der Waals surface area contributed by atoms with Gasteiger partial charge in [0.1, 0.15) is 0 Å². The van der Waals surface area contributed by atoms with Crippen molar-refractivity contribution < 1.29 is 9.59 Å². The van der Waals surface area contributed by atoms with Crippen LogP contribution in [0.25, 0.3) is 0 Å². The van der Waals surface area contributed by atoms with Gasteiger partial charge in [-0.2, -0.15) is 0 Å². The topological polar surface area (TPSA) is 61.4 Å². The highest BCUT2D eigenvalue weighted by molar-refractivity contribution is 5.81. The monoisotopic (exact) mass is 241 g/mol. The molecule has 0 spiro atoms. The molecule has 2 amide bonds. The molecular formula is C12H23N3O2. The lowest BCUT2D eigenvalue weighted by molar-refractivity contribution is -0.136. The van der Waals surface area contributed by atoms with Crippen LogP contribution in [-0.4, -0.2) is 50.4 Å². The Kier molecular flexibility index (Phi) is 4.93. The summed E-state index contributed by atoms with van der Waals surface area (Å²) in [6.07, 6.45) is 0. The fraction of sp³-hybridized carbons (Fsp3) is 0.833. The molecule has 1 heterocycles. The summed E-state index contributed by atoms with van der Waals surface area (Å²) >= 11 is 0. The molecule has 0 saturated carbocycles. The van der Waals surface area contributed by atoms with Crippen molar-refractivity contribution in [2.45, 2.75) is 13.8 Å². The molecule has 2 N–H and O–H groups in total. The minimum atomic E-state index is -0.168. The number of nitrogens with one attached hydrogen (secondary N) is 2. The number of nitrogens with zero attached hydrogens (tertiary/aromatic N) is 1. The smallest absolute Gasteiger partial charge is 0.227 e. The predicted octanol–water partition coefficient (Wildman–Crippen LogP) is -0.318. The van der Waals surface area contributed by atoms with E-state index in [1.165, 1.54) is 0 Å². The number of rotatable bonds is 4. The number of amides is 2. The molecule has 1 rings (SSSR count). The lowest BCUT2D eigenvalue weighted by Gasteiger charge is -2.25. The van der Waals surface area contributed by atoms with E-state index in [4.69, 9.17) is 0 Å². The second-order valence-electron chi connectivity index (χ2n) is 4.98. The Morgan fingerprint density at radius 2 is 2.12 bits per heavy atom. The average molecular weight is 241 g/mol. The summed E-state index contributed by atoms with van der Waals surface area (Å²) in [5, 5.41) is 5.82. The van der Waals surface area contributed by atoms with E-state index in [2.05, 4.69) is 17.6 Å². The van der Waals surface area contributed by atoms with Crippen LogP contribution in [0, 0.1) is 17.8 Å². The Bertz CT molecular complexity index is 293. The molecule has 5 heteroatoms. The first-order chi connectivity index (χ1) is 7.97. The van der Waals surface area contributed by atoms with Gasteiger partial charge in [0, 0.05) is 27.2 Å². The molecule has 0 aromatic heterocycles. The van der Waals surface area contributed by atoms with Crippen molar-refractivity contribution in [3.8, 4) is 0 Å². The Balaban J connectivity index is 2.49. The van der Waals surface area contributed by atoms with Crippen LogP contribution in [0.4, 0.5) is 0 Å². The van der Waals surface area contributed by atoms with Gasteiger partial charge in [-0.15, -0.1) is 0 Å². The summed E-state index contributed by atoms with van der Waals surface area (Å²) < 4.78 is 0. The van der Waals surface area contributed by atoms with Crippen LogP contribution >= 0.6 is 0 Å². The maximum Gasteiger partial charge on any atom is 0.227 e. The highest BCUT2D eigenvalue weighted by Gasteiger charge is 2.32. The van der Waals surface area contributed by atoms with Gasteiger partial charge >= 0.3 is 0 Å². The molecule has 0 aromatic rings. The van der Waals surface area contributed by atoms with Crippen molar-refractivity contribution >= 4 is 11.8 Å². The summed E-state index contributed by atoms with van der Waals surface area (Å²) in [7, 11) is 3.39. The van der Waals surface area contributed by atoms with Crippen molar-refractivity contribution in [3.63, 3.8) is 0 Å². The van der Waals surface area contributed by atoms with Gasteiger partial charge in [0.05, 0.1) is 11.8 Å². The van der Waals surface area contributed by atoms with Crippen molar-refractivity contribution in [1.82, 2.24) is 15.5 Å². The molecule has 5 nitrogen and oxygen atoms in total. The van der Waals surface area contributed by atoms with Gasteiger partial charge in [-0.1, -0.05) is 13.8 Å². The fourth-order valence-corrected chi connectivity index (χ4v) is 2.25. The molecule has 3 atom stereocenters. The predicted molar refractivity (Wildman–Crippen MR) is 66.4 cm³/mol. The molecule has 0 aromatic carbocycles. The number of hydrogen-bond acceptors (Lipinski definition) is 3. The third-order valence-electron chi connectivity index (χ3n) is 3.45. The van der Waals surface area contributed by atoms with E-state index in [0.717, 1.165) is 13.1 Å². The highest BCUT2D eigenvalue weighted by Crippen LogP contribution is 2.18. The zero-order valence-corrected chi connectivity index (χ0v) is 11.1. The molecule has 1 unspecified atom stereocenters. The number of carbonyl (C=O) groups excluding carboxylic acids is 2. The second-order valence-corrected chi connectivity index (χ2v) is 4.98. The van der Waals surface area contributed by atoms with Crippen LogP contribution in [0.1, 0.15) is 13.8 Å². The summed E-state index contributed by atoms with van der Waals surface area (Å²) in [5.41, 5.74) is 0. The summed E-state index contributed by atoms with van der Waals surface area (Å²) in [4.78, 5) is 25.2. The zero-order chi connectivity index (χ0) is 13.0. The molecule has 1 aliphatic heterocycles. The van der Waals surface area contributed by atoms with Gasteiger partial charge in [0.2, 0.25) is 11.8 Å². The molecule has 0 radical (unpaired) electrons.